The van der Waals surface area contributed by atoms with Gasteiger partial charge in [0.25, 0.3) is 5.91 Å². The molecule has 1 amide bonds. The maximum absolute atomic E-state index is 12.7. The molecule has 0 aliphatic rings. The zero-order chi connectivity index (χ0) is 23.9. The summed E-state index contributed by atoms with van der Waals surface area (Å²) in [5.41, 5.74) is 1.21. The van der Waals surface area contributed by atoms with Crippen molar-refractivity contribution in [2.75, 3.05) is 18.1 Å². The highest BCUT2D eigenvalue weighted by atomic mass is 32.2. The van der Waals surface area contributed by atoms with Crippen LogP contribution in [0.1, 0.15) is 101 Å². The standard InChI is InChI=1S/C24H40F2N2O3S/c1-24(25,26)19-13-11-9-7-5-3-4-6-8-10-12-14-20-27-22-17-15-21(16-18-22)23(29)28-32(2,30)31/h15-18,27H,3-14,19-20H2,1-2H3,(H,28,29). The molecule has 0 aliphatic carbocycles. The molecule has 1 rings (SSSR count). The molecule has 184 valence electrons. The molecule has 0 spiro atoms. The van der Waals surface area contributed by atoms with Crippen molar-refractivity contribution < 1.29 is 22.0 Å². The Morgan fingerprint density at radius 2 is 1.25 bits per heavy atom. The molecule has 0 aliphatic heterocycles. The van der Waals surface area contributed by atoms with Gasteiger partial charge in [-0.3, -0.25) is 4.79 Å². The first-order valence-corrected chi connectivity index (χ1v) is 13.7. The van der Waals surface area contributed by atoms with Gasteiger partial charge in [0.15, 0.2) is 0 Å². The summed E-state index contributed by atoms with van der Waals surface area (Å²) in [5.74, 6) is -3.14. The number of benzene rings is 1. The lowest BCUT2D eigenvalue weighted by Gasteiger charge is -2.09. The van der Waals surface area contributed by atoms with Gasteiger partial charge in [0.05, 0.1) is 6.26 Å². The fourth-order valence-electron chi connectivity index (χ4n) is 3.53. The van der Waals surface area contributed by atoms with Crippen molar-refractivity contribution in [3.05, 3.63) is 29.8 Å². The molecular weight excluding hydrogens is 434 g/mol. The Balaban J connectivity index is 1.94. The number of rotatable bonds is 18. The number of carbonyl (C=O) groups excluding carboxylic acids is 1. The molecule has 8 heteroatoms. The molecule has 0 heterocycles. The molecule has 0 atom stereocenters. The SMILES string of the molecule is CC(F)(F)CCCCCCCCCCCCCCNc1ccc(C(=O)NS(C)(=O)=O)cc1. The molecule has 2 N–H and O–H groups in total. The summed E-state index contributed by atoms with van der Waals surface area (Å²) >= 11 is 0. The topological polar surface area (TPSA) is 75.3 Å². The van der Waals surface area contributed by atoms with Gasteiger partial charge in [-0.2, -0.15) is 0 Å². The van der Waals surface area contributed by atoms with Gasteiger partial charge in [-0.1, -0.05) is 64.2 Å². The number of unbranched alkanes of at least 4 members (excludes halogenated alkanes) is 11. The van der Waals surface area contributed by atoms with E-state index in [-0.39, 0.29) is 6.42 Å². The van der Waals surface area contributed by atoms with Crippen molar-refractivity contribution in [3.63, 3.8) is 0 Å². The second-order valence-corrected chi connectivity index (χ2v) is 10.5. The molecule has 0 fully saturated rings. The van der Waals surface area contributed by atoms with Crippen LogP contribution in [0, 0.1) is 0 Å². The minimum Gasteiger partial charge on any atom is -0.385 e. The molecule has 0 saturated carbocycles. The van der Waals surface area contributed by atoms with Crippen molar-refractivity contribution in [3.8, 4) is 0 Å². The van der Waals surface area contributed by atoms with E-state index in [0.717, 1.165) is 51.1 Å². The zero-order valence-electron chi connectivity index (χ0n) is 19.6. The summed E-state index contributed by atoms with van der Waals surface area (Å²) < 4.78 is 49.5. The largest absolute Gasteiger partial charge is 0.385 e. The lowest BCUT2D eigenvalue weighted by atomic mass is 10.0. The molecule has 1 aromatic carbocycles. The summed E-state index contributed by atoms with van der Waals surface area (Å²) in [6.07, 6.45) is 14.4. The number of alkyl halides is 2. The number of carbonyl (C=O) groups is 1. The van der Waals surface area contributed by atoms with Crippen LogP contribution >= 0.6 is 0 Å². The molecule has 1 aromatic rings. The average Bonchev–Trinajstić information content (AvgIpc) is 2.69. The quantitative estimate of drug-likeness (QED) is 0.238. The van der Waals surface area contributed by atoms with Crippen LogP contribution in [0.3, 0.4) is 0 Å². The number of anilines is 1. The molecule has 0 radical (unpaired) electrons. The van der Waals surface area contributed by atoms with Crippen LogP contribution in [0.25, 0.3) is 0 Å². The fraction of sp³-hybridized carbons (Fsp3) is 0.708. The van der Waals surface area contributed by atoms with E-state index in [1.807, 2.05) is 4.72 Å². The molecule has 0 bridgehead atoms. The van der Waals surface area contributed by atoms with Gasteiger partial charge in [-0.05, 0) is 44.0 Å². The van der Waals surface area contributed by atoms with Crippen molar-refractivity contribution in [2.24, 2.45) is 0 Å². The summed E-state index contributed by atoms with van der Waals surface area (Å²) in [6, 6.07) is 6.76. The normalized spacial score (nSPS) is 12.0. The maximum Gasteiger partial charge on any atom is 0.264 e. The highest BCUT2D eigenvalue weighted by Gasteiger charge is 2.19. The molecule has 32 heavy (non-hydrogen) atoms. The number of sulfonamides is 1. The van der Waals surface area contributed by atoms with E-state index in [0.29, 0.717) is 12.0 Å². The van der Waals surface area contributed by atoms with Crippen LogP contribution in [0.5, 0.6) is 0 Å². The predicted molar refractivity (Wildman–Crippen MR) is 128 cm³/mol. The van der Waals surface area contributed by atoms with E-state index in [9.17, 15) is 22.0 Å². The van der Waals surface area contributed by atoms with Crippen LogP contribution in [-0.4, -0.2) is 33.0 Å². The first-order valence-electron chi connectivity index (χ1n) is 11.8. The fourth-order valence-corrected chi connectivity index (χ4v) is 3.98. The number of hydrogen-bond acceptors (Lipinski definition) is 4. The number of hydrogen-bond donors (Lipinski definition) is 2. The van der Waals surface area contributed by atoms with Crippen LogP contribution in [-0.2, 0) is 10.0 Å². The number of halogens is 2. The Kier molecular flexibility index (Phi) is 13.5. The lowest BCUT2D eigenvalue weighted by Crippen LogP contribution is -2.29. The van der Waals surface area contributed by atoms with Crippen molar-refractivity contribution >= 4 is 21.6 Å². The summed E-state index contributed by atoms with van der Waals surface area (Å²) in [7, 11) is -3.56. The number of amides is 1. The van der Waals surface area contributed by atoms with E-state index in [1.165, 1.54) is 44.9 Å². The smallest absolute Gasteiger partial charge is 0.264 e. The Bertz CT molecular complexity index is 748. The third-order valence-corrected chi connectivity index (χ3v) is 5.85. The lowest BCUT2D eigenvalue weighted by molar-refractivity contribution is 0.0103. The van der Waals surface area contributed by atoms with Gasteiger partial charge in [0, 0.05) is 24.2 Å². The first-order chi connectivity index (χ1) is 15.1. The first kappa shape index (κ1) is 28.3. The van der Waals surface area contributed by atoms with Crippen molar-refractivity contribution in [1.82, 2.24) is 4.72 Å². The second kappa shape index (κ2) is 15.2. The zero-order valence-corrected chi connectivity index (χ0v) is 20.4. The highest BCUT2D eigenvalue weighted by Crippen LogP contribution is 2.21. The third kappa shape index (κ3) is 16.0. The van der Waals surface area contributed by atoms with E-state index in [1.54, 1.807) is 24.3 Å². The Morgan fingerprint density at radius 1 is 0.812 bits per heavy atom. The maximum atomic E-state index is 12.7. The summed E-state index contributed by atoms with van der Waals surface area (Å²) in [5, 5.41) is 3.32. The molecule has 0 unspecified atom stereocenters. The Hall–Kier alpha value is -1.70. The van der Waals surface area contributed by atoms with Crippen LogP contribution in [0.15, 0.2) is 24.3 Å². The van der Waals surface area contributed by atoms with Crippen molar-refractivity contribution in [1.29, 1.82) is 0 Å². The predicted octanol–water partition coefficient (Wildman–Crippen LogP) is 6.51. The van der Waals surface area contributed by atoms with E-state index in [4.69, 9.17) is 0 Å². The van der Waals surface area contributed by atoms with E-state index < -0.39 is 21.9 Å². The van der Waals surface area contributed by atoms with Crippen LogP contribution < -0.4 is 10.0 Å². The van der Waals surface area contributed by atoms with E-state index in [2.05, 4.69) is 5.32 Å². The van der Waals surface area contributed by atoms with Gasteiger partial charge >= 0.3 is 0 Å². The van der Waals surface area contributed by atoms with Gasteiger partial charge in [0.2, 0.25) is 15.9 Å². The Morgan fingerprint density at radius 3 is 1.69 bits per heavy atom. The van der Waals surface area contributed by atoms with Crippen molar-refractivity contribution in [2.45, 2.75) is 96.3 Å². The summed E-state index contributed by atoms with van der Waals surface area (Å²) in [4.78, 5) is 11.8. The van der Waals surface area contributed by atoms with E-state index >= 15 is 0 Å². The second-order valence-electron chi connectivity index (χ2n) is 8.77. The Labute approximate surface area is 192 Å². The third-order valence-electron chi connectivity index (χ3n) is 5.30. The highest BCUT2D eigenvalue weighted by molar-refractivity contribution is 7.89. The van der Waals surface area contributed by atoms with Gasteiger partial charge in [-0.25, -0.2) is 21.9 Å². The molecule has 0 saturated heterocycles. The van der Waals surface area contributed by atoms with Crippen LogP contribution in [0.4, 0.5) is 14.5 Å². The van der Waals surface area contributed by atoms with Gasteiger partial charge in [0.1, 0.15) is 0 Å². The van der Waals surface area contributed by atoms with Crippen LogP contribution in [0.2, 0.25) is 0 Å². The average molecular weight is 475 g/mol. The number of nitrogens with one attached hydrogen (secondary N) is 2. The van der Waals surface area contributed by atoms with Gasteiger partial charge < -0.3 is 5.32 Å². The molecule has 5 nitrogen and oxygen atoms in total. The molecular formula is C24H40F2N2O3S. The monoisotopic (exact) mass is 474 g/mol. The molecule has 0 aromatic heterocycles. The summed E-state index contributed by atoms with van der Waals surface area (Å²) in [6.45, 7) is 1.86. The van der Waals surface area contributed by atoms with Gasteiger partial charge in [-0.15, -0.1) is 0 Å². The minimum absolute atomic E-state index is 0.0147. The minimum atomic E-state index is -3.56.